The standard InChI is InChI=1S/C23H23BrClFIN3O3/c1-13-7-9-15(10-8-13)19(28-17-6-4-5-16(25)18(17)26)21-20(22(31)33-12-27)29-23(24)30(21)14(2)11-32-3/h4-10,14,19,28H,11-12H2,1-3H3/t14-,19?/m1/s1. The Morgan fingerprint density at radius 1 is 1.30 bits per heavy atom. The Morgan fingerprint density at radius 3 is 2.64 bits per heavy atom. The quantitative estimate of drug-likeness (QED) is 0.159. The molecule has 1 N–H and O–H groups in total. The van der Waals surface area contributed by atoms with Crippen LogP contribution < -0.4 is 5.32 Å². The molecule has 0 fully saturated rings. The van der Waals surface area contributed by atoms with Crippen LogP contribution in [0.25, 0.3) is 0 Å². The molecule has 33 heavy (non-hydrogen) atoms. The van der Waals surface area contributed by atoms with Gasteiger partial charge in [-0.25, -0.2) is 14.2 Å². The predicted molar refractivity (Wildman–Crippen MR) is 139 cm³/mol. The molecule has 3 rings (SSSR count). The molecular weight excluding hydrogens is 628 g/mol. The van der Waals surface area contributed by atoms with Crippen LogP contribution in [0.1, 0.15) is 46.3 Å². The van der Waals surface area contributed by atoms with Gasteiger partial charge in [0.25, 0.3) is 0 Å². The molecule has 6 nitrogen and oxygen atoms in total. The van der Waals surface area contributed by atoms with Gasteiger partial charge in [-0.3, -0.25) is 0 Å². The summed E-state index contributed by atoms with van der Waals surface area (Å²) in [5.41, 5.74) is 2.72. The third kappa shape index (κ3) is 5.87. The van der Waals surface area contributed by atoms with Crippen molar-refractivity contribution in [2.24, 2.45) is 0 Å². The molecule has 0 spiro atoms. The average Bonchev–Trinajstić information content (AvgIpc) is 3.13. The molecule has 1 unspecified atom stereocenters. The van der Waals surface area contributed by atoms with Gasteiger partial charge >= 0.3 is 5.97 Å². The van der Waals surface area contributed by atoms with Gasteiger partial charge < -0.3 is 19.4 Å². The van der Waals surface area contributed by atoms with Gasteiger partial charge in [0.1, 0.15) is 4.61 Å². The molecule has 0 bridgehead atoms. The molecule has 0 radical (unpaired) electrons. The van der Waals surface area contributed by atoms with Crippen LogP contribution >= 0.6 is 50.1 Å². The third-order valence-corrected chi connectivity index (χ3v) is 6.23. The minimum absolute atomic E-state index is 0.00496. The van der Waals surface area contributed by atoms with E-state index in [0.29, 0.717) is 17.0 Å². The van der Waals surface area contributed by atoms with Crippen molar-refractivity contribution in [3.63, 3.8) is 0 Å². The molecule has 1 aromatic heterocycles. The highest BCUT2D eigenvalue weighted by Gasteiger charge is 2.32. The number of rotatable bonds is 9. The number of imidazole rings is 1. The molecule has 0 amide bonds. The largest absolute Gasteiger partial charge is 0.450 e. The summed E-state index contributed by atoms with van der Waals surface area (Å²) in [6, 6.07) is 11.7. The van der Waals surface area contributed by atoms with Crippen LogP contribution in [0.4, 0.5) is 10.1 Å². The zero-order valence-electron chi connectivity index (χ0n) is 18.2. The summed E-state index contributed by atoms with van der Waals surface area (Å²) in [6.07, 6.45) is 0. The molecule has 0 aliphatic rings. The number of nitrogens with zero attached hydrogens (tertiary/aromatic N) is 2. The summed E-state index contributed by atoms with van der Waals surface area (Å²) in [5.74, 6) is -1.16. The van der Waals surface area contributed by atoms with Crippen molar-refractivity contribution in [3.05, 3.63) is 80.6 Å². The molecule has 0 aliphatic carbocycles. The minimum Gasteiger partial charge on any atom is -0.450 e. The van der Waals surface area contributed by atoms with Crippen LogP contribution in [-0.2, 0) is 9.47 Å². The first kappa shape index (κ1) is 25.9. The Morgan fingerprint density at radius 2 is 2.00 bits per heavy atom. The van der Waals surface area contributed by atoms with Crippen LogP contribution in [0.15, 0.2) is 47.2 Å². The lowest BCUT2D eigenvalue weighted by Crippen LogP contribution is -2.24. The van der Waals surface area contributed by atoms with Gasteiger partial charge in [-0.1, -0.05) is 47.5 Å². The van der Waals surface area contributed by atoms with E-state index in [1.807, 2.05) is 65.3 Å². The number of esters is 1. The number of benzene rings is 2. The van der Waals surface area contributed by atoms with Gasteiger partial charge in [0.15, 0.2) is 16.2 Å². The fourth-order valence-corrected chi connectivity index (χ4v) is 4.71. The van der Waals surface area contributed by atoms with Crippen LogP contribution in [0.5, 0.6) is 0 Å². The van der Waals surface area contributed by atoms with Crippen LogP contribution in [0.2, 0.25) is 5.02 Å². The number of anilines is 1. The molecule has 2 aromatic carbocycles. The number of carbonyl (C=O) groups excluding carboxylic acids is 1. The highest BCUT2D eigenvalue weighted by Crippen LogP contribution is 2.36. The molecule has 10 heteroatoms. The van der Waals surface area contributed by atoms with E-state index in [1.165, 1.54) is 6.07 Å². The first-order valence-electron chi connectivity index (χ1n) is 10.0. The topological polar surface area (TPSA) is 65.4 Å². The Kier molecular flexibility index (Phi) is 9.14. The average molecular weight is 651 g/mol. The van der Waals surface area contributed by atoms with Crippen molar-refractivity contribution >= 4 is 61.8 Å². The number of methoxy groups -OCH3 is 1. The van der Waals surface area contributed by atoms with E-state index in [1.54, 1.807) is 19.2 Å². The van der Waals surface area contributed by atoms with Crippen molar-refractivity contribution in [1.82, 2.24) is 9.55 Å². The lowest BCUT2D eigenvalue weighted by atomic mass is 9.99. The first-order valence-corrected chi connectivity index (χ1v) is 12.7. The fraction of sp³-hybridized carbons (Fsp3) is 0.304. The molecule has 0 aliphatic heterocycles. The highest BCUT2D eigenvalue weighted by molar-refractivity contribution is 14.1. The maximum absolute atomic E-state index is 14.9. The Hall–Kier alpha value is -1.69. The zero-order valence-corrected chi connectivity index (χ0v) is 22.7. The van der Waals surface area contributed by atoms with Crippen molar-refractivity contribution in [3.8, 4) is 0 Å². The monoisotopic (exact) mass is 649 g/mol. The van der Waals surface area contributed by atoms with Crippen molar-refractivity contribution in [2.45, 2.75) is 25.9 Å². The summed E-state index contributed by atoms with van der Waals surface area (Å²) in [7, 11) is 1.60. The third-order valence-electron chi connectivity index (χ3n) is 5.07. The van der Waals surface area contributed by atoms with E-state index < -0.39 is 17.8 Å². The number of hydrogen-bond acceptors (Lipinski definition) is 5. The van der Waals surface area contributed by atoms with Crippen LogP contribution in [0.3, 0.4) is 0 Å². The summed E-state index contributed by atoms with van der Waals surface area (Å²) < 4.78 is 28.0. The first-order chi connectivity index (χ1) is 15.8. The van der Waals surface area contributed by atoms with E-state index >= 15 is 0 Å². The summed E-state index contributed by atoms with van der Waals surface area (Å²) in [5, 5.41) is 3.23. The highest BCUT2D eigenvalue weighted by atomic mass is 127. The summed E-state index contributed by atoms with van der Waals surface area (Å²) in [6.45, 7) is 4.29. The van der Waals surface area contributed by atoms with E-state index in [4.69, 9.17) is 21.1 Å². The maximum atomic E-state index is 14.9. The minimum atomic E-state index is -0.645. The molecular formula is C23H23BrClFIN3O3. The zero-order chi connectivity index (χ0) is 24.1. The number of alkyl halides is 1. The molecule has 0 saturated heterocycles. The van der Waals surface area contributed by atoms with Gasteiger partial charge in [-0.2, -0.15) is 0 Å². The Balaban J connectivity index is 2.26. The van der Waals surface area contributed by atoms with E-state index in [-0.39, 0.29) is 27.1 Å². The number of aryl methyl sites for hydroxylation is 1. The van der Waals surface area contributed by atoms with E-state index in [9.17, 15) is 9.18 Å². The lowest BCUT2D eigenvalue weighted by Gasteiger charge is -2.26. The molecule has 2 atom stereocenters. The SMILES string of the molecule is COC[C@@H](C)n1c(Br)nc(C(=O)OCI)c1C(Nc1cccc(Cl)c1F)c1ccc(C)cc1. The molecule has 176 valence electrons. The number of nitrogens with one attached hydrogen (secondary N) is 1. The van der Waals surface area contributed by atoms with Gasteiger partial charge in [0.2, 0.25) is 0 Å². The van der Waals surface area contributed by atoms with Crippen molar-refractivity contribution in [2.75, 3.05) is 23.6 Å². The number of aromatic nitrogens is 2. The van der Waals surface area contributed by atoms with Gasteiger partial charge in [0, 0.05) is 7.11 Å². The second kappa shape index (κ2) is 11.6. The van der Waals surface area contributed by atoms with E-state index in [2.05, 4.69) is 26.2 Å². The van der Waals surface area contributed by atoms with Crippen LogP contribution in [0, 0.1) is 12.7 Å². The molecule has 1 heterocycles. The van der Waals surface area contributed by atoms with Crippen molar-refractivity contribution < 1.29 is 18.7 Å². The number of halogens is 4. The van der Waals surface area contributed by atoms with Crippen molar-refractivity contribution in [1.29, 1.82) is 0 Å². The lowest BCUT2D eigenvalue weighted by molar-refractivity contribution is 0.0582. The predicted octanol–water partition coefficient (Wildman–Crippen LogP) is 6.70. The van der Waals surface area contributed by atoms with E-state index in [0.717, 1.165) is 11.1 Å². The second-order valence-electron chi connectivity index (χ2n) is 7.42. The maximum Gasteiger partial charge on any atom is 0.359 e. The van der Waals surface area contributed by atoms with Gasteiger partial charge in [-0.15, -0.1) is 0 Å². The summed E-state index contributed by atoms with van der Waals surface area (Å²) >= 11 is 11.5. The number of ether oxygens (including phenoxy) is 2. The Bertz CT molecular complexity index is 1130. The number of carbonyl (C=O) groups is 1. The Labute approximate surface area is 219 Å². The van der Waals surface area contributed by atoms with Gasteiger partial charge in [-0.05, 0) is 70.1 Å². The van der Waals surface area contributed by atoms with Crippen LogP contribution in [-0.4, -0.2) is 33.9 Å². The van der Waals surface area contributed by atoms with Gasteiger partial charge in [0.05, 0.1) is 35.1 Å². The second-order valence-corrected chi connectivity index (χ2v) is 9.16. The molecule has 3 aromatic rings. The fourth-order valence-electron chi connectivity index (χ4n) is 3.54. The smallest absolute Gasteiger partial charge is 0.359 e. The summed E-state index contributed by atoms with van der Waals surface area (Å²) in [4.78, 5) is 17.4. The normalized spacial score (nSPS) is 12.9. The molecule has 0 saturated carbocycles. The number of hydrogen-bond donors (Lipinski definition) is 1.